The number of nitrogens with one attached hydrogen (secondary N) is 1. The summed E-state index contributed by atoms with van der Waals surface area (Å²) < 4.78 is 1.88. The van der Waals surface area contributed by atoms with E-state index in [1.54, 1.807) is 0 Å². The van der Waals surface area contributed by atoms with Crippen molar-refractivity contribution < 1.29 is 4.79 Å². The Bertz CT molecular complexity index is 930. The number of aryl methyl sites for hydroxylation is 2. The van der Waals surface area contributed by atoms with Crippen molar-refractivity contribution in [1.82, 2.24) is 9.78 Å². The Morgan fingerprint density at radius 1 is 1.12 bits per heavy atom. The third-order valence-electron chi connectivity index (χ3n) is 4.23. The van der Waals surface area contributed by atoms with Gasteiger partial charge < -0.3 is 5.32 Å². The fourth-order valence-electron chi connectivity index (χ4n) is 2.85. The van der Waals surface area contributed by atoms with Crippen LogP contribution in [0.4, 0.5) is 5.69 Å². The van der Waals surface area contributed by atoms with E-state index in [-0.39, 0.29) is 5.91 Å². The van der Waals surface area contributed by atoms with Gasteiger partial charge in [0.1, 0.15) is 0 Å². The molecule has 5 heteroatoms. The molecule has 0 fully saturated rings. The Balaban J connectivity index is 1.85. The van der Waals surface area contributed by atoms with Crippen molar-refractivity contribution in [2.75, 3.05) is 5.32 Å². The van der Waals surface area contributed by atoms with E-state index in [0.717, 1.165) is 28.2 Å². The number of hydrogen-bond acceptors (Lipinski definition) is 2. The summed E-state index contributed by atoms with van der Waals surface area (Å²) in [5, 5.41) is 8.27. The second-order valence-electron chi connectivity index (χ2n) is 6.10. The molecule has 0 saturated heterocycles. The number of benzene rings is 2. The van der Waals surface area contributed by atoms with Crippen molar-refractivity contribution in [3.05, 3.63) is 81.6 Å². The normalized spacial score (nSPS) is 10.7. The van der Waals surface area contributed by atoms with E-state index in [1.165, 1.54) is 0 Å². The highest BCUT2D eigenvalue weighted by Crippen LogP contribution is 2.22. The summed E-state index contributed by atoms with van der Waals surface area (Å²) >= 11 is 6.05. The SMILES string of the molecule is Cc1ccccc1C(=O)Nc1c(C)nn(Cc2cccc(Cl)c2)c1C. The molecule has 0 aliphatic carbocycles. The molecule has 4 nitrogen and oxygen atoms in total. The summed E-state index contributed by atoms with van der Waals surface area (Å²) in [5.74, 6) is -0.119. The molecule has 0 atom stereocenters. The Morgan fingerprint density at radius 3 is 2.60 bits per heavy atom. The number of anilines is 1. The molecule has 1 aromatic heterocycles. The summed E-state index contributed by atoms with van der Waals surface area (Å²) in [4.78, 5) is 12.6. The van der Waals surface area contributed by atoms with Gasteiger partial charge in [-0.2, -0.15) is 5.10 Å². The monoisotopic (exact) mass is 353 g/mol. The van der Waals surface area contributed by atoms with Crippen molar-refractivity contribution in [3.63, 3.8) is 0 Å². The van der Waals surface area contributed by atoms with Crippen LogP contribution in [0.5, 0.6) is 0 Å². The molecule has 3 rings (SSSR count). The third-order valence-corrected chi connectivity index (χ3v) is 4.47. The van der Waals surface area contributed by atoms with Crippen LogP contribution in [0.15, 0.2) is 48.5 Å². The average Bonchev–Trinajstić information content (AvgIpc) is 2.83. The van der Waals surface area contributed by atoms with Gasteiger partial charge in [0.2, 0.25) is 0 Å². The molecule has 0 spiro atoms. The van der Waals surface area contributed by atoms with Crippen LogP contribution >= 0.6 is 11.6 Å². The zero-order valence-electron chi connectivity index (χ0n) is 14.5. The maximum Gasteiger partial charge on any atom is 0.256 e. The lowest BCUT2D eigenvalue weighted by molar-refractivity contribution is 0.102. The predicted octanol–water partition coefficient (Wildman–Crippen LogP) is 4.76. The van der Waals surface area contributed by atoms with Gasteiger partial charge in [0.05, 0.1) is 23.6 Å². The molecule has 3 aromatic rings. The Kier molecular flexibility index (Phi) is 4.91. The van der Waals surface area contributed by atoms with Crippen LogP contribution in [0.2, 0.25) is 5.02 Å². The van der Waals surface area contributed by atoms with Crippen molar-refractivity contribution in [1.29, 1.82) is 0 Å². The Morgan fingerprint density at radius 2 is 1.88 bits per heavy atom. The first-order valence-electron chi connectivity index (χ1n) is 8.11. The van der Waals surface area contributed by atoms with Crippen LogP contribution in [0.25, 0.3) is 0 Å². The number of carbonyl (C=O) groups is 1. The van der Waals surface area contributed by atoms with Crippen LogP contribution in [0.1, 0.15) is 32.9 Å². The smallest absolute Gasteiger partial charge is 0.256 e. The minimum atomic E-state index is -0.119. The van der Waals surface area contributed by atoms with Gasteiger partial charge in [0.15, 0.2) is 0 Å². The second-order valence-corrected chi connectivity index (χ2v) is 6.54. The minimum absolute atomic E-state index is 0.119. The highest BCUT2D eigenvalue weighted by atomic mass is 35.5. The van der Waals surface area contributed by atoms with E-state index in [1.807, 2.05) is 74.0 Å². The Labute approximate surface area is 152 Å². The molecule has 0 aliphatic rings. The molecule has 1 N–H and O–H groups in total. The lowest BCUT2D eigenvalue weighted by Crippen LogP contribution is -2.14. The van der Waals surface area contributed by atoms with Gasteiger partial charge in [-0.05, 0) is 50.1 Å². The van der Waals surface area contributed by atoms with Crippen molar-refractivity contribution in [2.24, 2.45) is 0 Å². The maximum absolute atomic E-state index is 12.6. The van der Waals surface area contributed by atoms with E-state index < -0.39 is 0 Å². The molecule has 0 radical (unpaired) electrons. The lowest BCUT2D eigenvalue weighted by atomic mass is 10.1. The molecule has 0 unspecified atom stereocenters. The highest BCUT2D eigenvalue weighted by molar-refractivity contribution is 6.30. The zero-order chi connectivity index (χ0) is 18.0. The summed E-state index contributed by atoms with van der Waals surface area (Å²) in [6.07, 6.45) is 0. The minimum Gasteiger partial charge on any atom is -0.319 e. The number of aromatic nitrogens is 2. The number of halogens is 1. The number of hydrogen-bond donors (Lipinski definition) is 1. The van der Waals surface area contributed by atoms with Crippen LogP contribution in [0.3, 0.4) is 0 Å². The molecule has 1 amide bonds. The summed E-state index contributed by atoms with van der Waals surface area (Å²) in [6, 6.07) is 15.2. The first-order valence-corrected chi connectivity index (χ1v) is 8.49. The van der Waals surface area contributed by atoms with E-state index >= 15 is 0 Å². The molecule has 2 aromatic carbocycles. The molecule has 0 bridgehead atoms. The molecule has 0 aliphatic heterocycles. The van der Waals surface area contributed by atoms with E-state index in [0.29, 0.717) is 17.1 Å². The second kappa shape index (κ2) is 7.11. The van der Waals surface area contributed by atoms with Gasteiger partial charge in [-0.15, -0.1) is 0 Å². The first-order chi connectivity index (χ1) is 12.0. The van der Waals surface area contributed by atoms with Crippen LogP contribution < -0.4 is 5.32 Å². The van der Waals surface area contributed by atoms with E-state index in [2.05, 4.69) is 10.4 Å². The van der Waals surface area contributed by atoms with Gasteiger partial charge in [-0.1, -0.05) is 41.9 Å². The maximum atomic E-state index is 12.6. The van der Waals surface area contributed by atoms with Crippen molar-refractivity contribution in [3.8, 4) is 0 Å². The fourth-order valence-corrected chi connectivity index (χ4v) is 3.06. The predicted molar refractivity (Wildman–Crippen MR) is 101 cm³/mol. The van der Waals surface area contributed by atoms with Crippen molar-refractivity contribution >= 4 is 23.2 Å². The van der Waals surface area contributed by atoms with Gasteiger partial charge in [-0.25, -0.2) is 0 Å². The summed E-state index contributed by atoms with van der Waals surface area (Å²) in [6.45, 7) is 6.39. The van der Waals surface area contributed by atoms with Gasteiger partial charge in [0.25, 0.3) is 5.91 Å². The molecule has 0 saturated carbocycles. The first kappa shape index (κ1) is 17.2. The van der Waals surface area contributed by atoms with Gasteiger partial charge in [0, 0.05) is 10.6 Å². The molecule has 25 heavy (non-hydrogen) atoms. The number of amides is 1. The lowest BCUT2D eigenvalue weighted by Gasteiger charge is -2.09. The average molecular weight is 354 g/mol. The summed E-state index contributed by atoms with van der Waals surface area (Å²) in [7, 11) is 0. The zero-order valence-corrected chi connectivity index (χ0v) is 15.3. The molecule has 1 heterocycles. The number of rotatable bonds is 4. The van der Waals surface area contributed by atoms with Crippen LogP contribution in [-0.2, 0) is 6.54 Å². The third kappa shape index (κ3) is 3.74. The van der Waals surface area contributed by atoms with Gasteiger partial charge in [-0.3, -0.25) is 9.48 Å². The number of nitrogens with zero attached hydrogens (tertiary/aromatic N) is 2. The molecular formula is C20H20ClN3O. The topological polar surface area (TPSA) is 46.9 Å². The number of carbonyl (C=O) groups excluding carboxylic acids is 1. The van der Waals surface area contributed by atoms with Crippen LogP contribution in [-0.4, -0.2) is 15.7 Å². The highest BCUT2D eigenvalue weighted by Gasteiger charge is 2.16. The quantitative estimate of drug-likeness (QED) is 0.734. The summed E-state index contributed by atoms with van der Waals surface area (Å²) in [5.41, 5.74) is 5.15. The van der Waals surface area contributed by atoms with Crippen molar-refractivity contribution in [2.45, 2.75) is 27.3 Å². The standard InChI is InChI=1S/C20H20ClN3O/c1-13-7-4-5-10-18(13)20(25)22-19-14(2)23-24(15(19)3)12-16-8-6-9-17(21)11-16/h4-11H,12H2,1-3H3,(H,22,25). The van der Waals surface area contributed by atoms with E-state index in [9.17, 15) is 4.79 Å². The molecule has 128 valence electrons. The molecular weight excluding hydrogens is 334 g/mol. The largest absolute Gasteiger partial charge is 0.319 e. The van der Waals surface area contributed by atoms with Gasteiger partial charge >= 0.3 is 0 Å². The van der Waals surface area contributed by atoms with E-state index in [4.69, 9.17) is 11.6 Å². The van der Waals surface area contributed by atoms with Crippen LogP contribution in [0, 0.1) is 20.8 Å². The fraction of sp³-hybridized carbons (Fsp3) is 0.200. The Hall–Kier alpha value is -2.59.